The summed E-state index contributed by atoms with van der Waals surface area (Å²) in [6.07, 6.45) is 1.41. The largest absolute Gasteiger partial charge is 0.377 e. The van der Waals surface area contributed by atoms with Gasteiger partial charge in [0.25, 0.3) is 11.8 Å². The van der Waals surface area contributed by atoms with Gasteiger partial charge in [-0.2, -0.15) is 5.10 Å². The van der Waals surface area contributed by atoms with Crippen LogP contribution < -0.4 is 11.1 Å². The summed E-state index contributed by atoms with van der Waals surface area (Å²) >= 11 is 0. The predicted octanol–water partition coefficient (Wildman–Crippen LogP) is 1.30. The number of aromatic nitrogens is 2. The number of amides is 2. The normalized spacial score (nSPS) is 17.8. The smallest absolute Gasteiger partial charge is 0.280 e. The van der Waals surface area contributed by atoms with E-state index in [0.29, 0.717) is 37.1 Å². The van der Waals surface area contributed by atoms with Gasteiger partial charge in [-0.25, -0.2) is 8.78 Å². The van der Waals surface area contributed by atoms with Crippen molar-refractivity contribution in [1.82, 2.24) is 20.0 Å². The highest BCUT2D eigenvalue weighted by atomic mass is 19.3. The van der Waals surface area contributed by atoms with E-state index < -0.39 is 12.1 Å². The summed E-state index contributed by atoms with van der Waals surface area (Å²) in [4.78, 5) is 30.7. The Morgan fingerprint density at radius 1 is 1.36 bits per heavy atom. The average Bonchev–Trinajstić information content (AvgIpc) is 3.19. The molecule has 1 aliphatic heterocycles. The number of hydrogen-bond acceptors (Lipinski definition) is 6. The highest BCUT2D eigenvalue weighted by Gasteiger charge is 2.28. The van der Waals surface area contributed by atoms with E-state index in [1.165, 1.54) is 0 Å². The van der Waals surface area contributed by atoms with Crippen LogP contribution in [0.1, 0.15) is 34.7 Å². The number of aliphatic imine (C=N–C) groups is 1. The first-order valence-electron chi connectivity index (χ1n) is 10.5. The summed E-state index contributed by atoms with van der Waals surface area (Å²) in [5.41, 5.74) is 7.48. The number of carbonyl (C=O) groups is 2. The number of nitrogens with two attached hydrogens (primary N) is 1. The number of halogens is 2. The zero-order valence-electron chi connectivity index (χ0n) is 18.6. The monoisotopic (exact) mass is 462 g/mol. The highest BCUT2D eigenvalue weighted by molar-refractivity contribution is 5.94. The van der Waals surface area contributed by atoms with Gasteiger partial charge in [0.15, 0.2) is 0 Å². The van der Waals surface area contributed by atoms with Crippen LogP contribution in [0, 0.1) is 0 Å². The highest BCUT2D eigenvalue weighted by Crippen LogP contribution is 2.16. The van der Waals surface area contributed by atoms with Gasteiger partial charge in [-0.05, 0) is 23.8 Å². The molecule has 9 nitrogen and oxygen atoms in total. The van der Waals surface area contributed by atoms with E-state index in [2.05, 4.69) is 15.4 Å². The van der Waals surface area contributed by atoms with Crippen molar-refractivity contribution in [3.05, 3.63) is 53.3 Å². The van der Waals surface area contributed by atoms with Gasteiger partial charge < -0.3 is 20.7 Å². The average molecular weight is 463 g/mol. The van der Waals surface area contributed by atoms with Gasteiger partial charge in [-0.15, -0.1) is 0 Å². The molecule has 11 heteroatoms. The molecule has 1 unspecified atom stereocenters. The number of rotatable bonds is 8. The molecule has 178 valence electrons. The van der Waals surface area contributed by atoms with Crippen molar-refractivity contribution in [2.75, 3.05) is 26.3 Å². The van der Waals surface area contributed by atoms with E-state index >= 15 is 0 Å². The molecule has 0 saturated carbocycles. The zero-order chi connectivity index (χ0) is 24.0. The number of nitrogens with zero attached hydrogens (tertiary/aromatic N) is 4. The lowest BCUT2D eigenvalue weighted by Crippen LogP contribution is -2.54. The molecule has 3 rings (SSSR count). The lowest BCUT2D eigenvalue weighted by atomic mass is 10.1. The number of nitrogens with one attached hydrogen (secondary N) is 1. The molecule has 2 heterocycles. The van der Waals surface area contributed by atoms with Gasteiger partial charge in [0.2, 0.25) is 5.91 Å². The Morgan fingerprint density at radius 2 is 2.09 bits per heavy atom. The summed E-state index contributed by atoms with van der Waals surface area (Å²) in [6, 6.07) is 7.74. The maximum Gasteiger partial charge on any atom is 0.280 e. The number of hydrogen-bond donors (Lipinski definition) is 2. The molecule has 0 radical (unpaired) electrons. The Labute approximate surface area is 190 Å². The molecule has 1 aliphatic rings. The van der Waals surface area contributed by atoms with Crippen LogP contribution >= 0.6 is 0 Å². The number of ether oxygens (including phenoxy) is 1. The van der Waals surface area contributed by atoms with Crippen LogP contribution in [0.3, 0.4) is 0 Å². The van der Waals surface area contributed by atoms with Crippen molar-refractivity contribution < 1.29 is 23.1 Å². The Kier molecular flexibility index (Phi) is 7.88. The van der Waals surface area contributed by atoms with Gasteiger partial charge in [0, 0.05) is 44.5 Å². The topological polar surface area (TPSA) is 115 Å². The molecule has 33 heavy (non-hydrogen) atoms. The maximum atomic E-state index is 12.9. The van der Waals surface area contributed by atoms with Crippen molar-refractivity contribution in [3.8, 4) is 0 Å². The van der Waals surface area contributed by atoms with E-state index in [1.807, 2.05) is 0 Å². The van der Waals surface area contributed by atoms with Crippen molar-refractivity contribution in [1.29, 1.82) is 0 Å². The summed E-state index contributed by atoms with van der Waals surface area (Å²) < 4.78 is 33.0. The third kappa shape index (κ3) is 6.90. The number of aryl methyl sites for hydroxylation is 1. The minimum atomic E-state index is -3.05. The molecule has 2 atom stereocenters. The predicted molar refractivity (Wildman–Crippen MR) is 118 cm³/mol. The molecule has 3 N–H and O–H groups in total. The molecule has 0 spiro atoms. The fraction of sp³-hybridized carbons (Fsp3) is 0.455. The van der Waals surface area contributed by atoms with E-state index in [9.17, 15) is 18.4 Å². The summed E-state index contributed by atoms with van der Waals surface area (Å²) in [5.74, 6) is -3.44. The van der Waals surface area contributed by atoms with Crippen LogP contribution in [-0.2, 0) is 23.0 Å². The number of morpholine rings is 1. The molecule has 1 saturated heterocycles. The lowest BCUT2D eigenvalue weighted by Gasteiger charge is -2.35. The Bertz CT molecular complexity index is 987. The van der Waals surface area contributed by atoms with E-state index in [1.54, 1.807) is 53.2 Å². The maximum absolute atomic E-state index is 12.9. The van der Waals surface area contributed by atoms with Crippen LogP contribution in [0.25, 0.3) is 0 Å². The molecular formula is C22H28F2N6O3. The third-order valence-electron chi connectivity index (χ3n) is 5.28. The van der Waals surface area contributed by atoms with Crippen LogP contribution in [0.4, 0.5) is 8.78 Å². The number of carbonyl (C=O) groups excluding carboxylic acids is 2. The quantitative estimate of drug-likeness (QED) is 0.574. The van der Waals surface area contributed by atoms with Crippen molar-refractivity contribution >= 4 is 18.0 Å². The minimum Gasteiger partial charge on any atom is -0.377 e. The first kappa shape index (κ1) is 24.5. The second-order valence-electron chi connectivity index (χ2n) is 7.95. The van der Waals surface area contributed by atoms with Crippen molar-refractivity contribution in [2.24, 2.45) is 17.8 Å². The van der Waals surface area contributed by atoms with Crippen molar-refractivity contribution in [3.63, 3.8) is 0 Å². The van der Waals surface area contributed by atoms with E-state index in [4.69, 9.17) is 10.5 Å². The second-order valence-corrected chi connectivity index (χ2v) is 7.95. The summed E-state index contributed by atoms with van der Waals surface area (Å²) in [7, 11) is 1.78. The molecule has 1 aromatic heterocycles. The molecule has 1 aromatic carbocycles. The van der Waals surface area contributed by atoms with Gasteiger partial charge in [-0.1, -0.05) is 12.1 Å². The number of alkyl halides is 2. The summed E-state index contributed by atoms with van der Waals surface area (Å²) in [6.45, 7) is 2.16. The standard InChI is InChI=1S/C22H28F2N6O3/c1-22(23,24)14-27-20(25)15-3-5-16(6-4-15)21(32)26-12-18-13-33-10-9-30(18)19(31)11-17-7-8-28-29(17)2/h3-8,14,18,20H,9-13,25H2,1-2H3,(H,26,32)/t18-,20?/m0/s1. The molecule has 2 amide bonds. The Balaban J connectivity index is 1.56. The SMILES string of the molecule is Cn1nccc1CC(=O)N1CCOC[C@@H]1CNC(=O)c1ccc(C(N)N=CC(C)(F)F)cc1. The molecule has 2 aromatic rings. The van der Waals surface area contributed by atoms with Gasteiger partial charge in [0.1, 0.15) is 6.17 Å². The van der Waals surface area contributed by atoms with Crippen LogP contribution in [0.2, 0.25) is 0 Å². The van der Waals surface area contributed by atoms with E-state index in [-0.39, 0.29) is 30.8 Å². The van der Waals surface area contributed by atoms with Crippen LogP contribution in [-0.4, -0.2) is 71.0 Å². The fourth-order valence-electron chi connectivity index (χ4n) is 3.42. The molecular weight excluding hydrogens is 434 g/mol. The van der Waals surface area contributed by atoms with Gasteiger partial charge >= 0.3 is 0 Å². The first-order valence-corrected chi connectivity index (χ1v) is 10.5. The van der Waals surface area contributed by atoms with Crippen molar-refractivity contribution in [2.45, 2.75) is 31.5 Å². The number of benzene rings is 1. The Morgan fingerprint density at radius 3 is 2.73 bits per heavy atom. The Hall–Kier alpha value is -3.18. The molecule has 1 fully saturated rings. The van der Waals surface area contributed by atoms with E-state index in [0.717, 1.165) is 12.6 Å². The zero-order valence-corrected chi connectivity index (χ0v) is 18.6. The summed E-state index contributed by atoms with van der Waals surface area (Å²) in [5, 5.41) is 6.91. The van der Waals surface area contributed by atoms with Gasteiger partial charge in [0.05, 0.1) is 31.9 Å². The second kappa shape index (κ2) is 10.6. The van der Waals surface area contributed by atoms with Crippen LogP contribution in [0.15, 0.2) is 41.5 Å². The molecule has 0 aliphatic carbocycles. The minimum absolute atomic E-state index is 0.0577. The fourth-order valence-corrected chi connectivity index (χ4v) is 3.42. The lowest BCUT2D eigenvalue weighted by molar-refractivity contribution is -0.139. The third-order valence-corrected chi connectivity index (χ3v) is 5.28. The molecule has 0 bridgehead atoms. The first-order chi connectivity index (χ1) is 15.6. The van der Waals surface area contributed by atoms with Crippen LogP contribution in [0.5, 0.6) is 0 Å². The van der Waals surface area contributed by atoms with Gasteiger partial charge in [-0.3, -0.25) is 19.3 Å².